The summed E-state index contributed by atoms with van der Waals surface area (Å²) in [5, 5.41) is 8.69. The molecule has 0 saturated carbocycles. The Morgan fingerprint density at radius 3 is 2.52 bits per heavy atom. The van der Waals surface area contributed by atoms with E-state index in [9.17, 15) is 9.59 Å². The van der Waals surface area contributed by atoms with E-state index >= 15 is 0 Å². The number of amides is 2. The highest BCUT2D eigenvalue weighted by molar-refractivity contribution is 5.81. The number of rotatable bonds is 5. The van der Waals surface area contributed by atoms with Gasteiger partial charge in [-0.25, -0.2) is 0 Å². The Labute approximate surface area is 193 Å². The van der Waals surface area contributed by atoms with Gasteiger partial charge in [0.05, 0.1) is 0 Å². The Hall–Kier alpha value is -3.42. The average molecular weight is 448 g/mol. The van der Waals surface area contributed by atoms with E-state index in [0.29, 0.717) is 38.2 Å². The van der Waals surface area contributed by atoms with Crippen LogP contribution in [-0.2, 0) is 9.59 Å². The zero-order chi connectivity index (χ0) is 22.6. The van der Waals surface area contributed by atoms with Crippen molar-refractivity contribution in [3.63, 3.8) is 0 Å². The minimum absolute atomic E-state index is 0.0264. The lowest BCUT2D eigenvalue weighted by molar-refractivity contribution is -0.142. The minimum Gasteiger partial charge on any atom is -0.484 e. The molecule has 2 saturated heterocycles. The number of fused-ring (bicyclic) bond motifs is 1. The van der Waals surface area contributed by atoms with Gasteiger partial charge in [0.2, 0.25) is 5.91 Å². The van der Waals surface area contributed by atoms with Crippen LogP contribution in [0.3, 0.4) is 0 Å². The van der Waals surface area contributed by atoms with Crippen LogP contribution in [-0.4, -0.2) is 69.0 Å². The van der Waals surface area contributed by atoms with E-state index in [2.05, 4.69) is 10.2 Å². The molecule has 2 amide bonds. The number of ether oxygens (including phenoxy) is 1. The van der Waals surface area contributed by atoms with Crippen LogP contribution in [0.15, 0.2) is 54.7 Å². The van der Waals surface area contributed by atoms with Gasteiger partial charge in [-0.2, -0.15) is 0 Å². The molecule has 1 aromatic carbocycles. The Morgan fingerprint density at radius 2 is 1.70 bits per heavy atom. The lowest BCUT2D eigenvalue weighted by Crippen LogP contribution is -2.47. The first kappa shape index (κ1) is 21.4. The number of likely N-dealkylation sites (tertiary alicyclic amines) is 2. The van der Waals surface area contributed by atoms with Crippen molar-refractivity contribution in [2.45, 2.75) is 31.6 Å². The predicted molar refractivity (Wildman–Crippen MR) is 123 cm³/mol. The van der Waals surface area contributed by atoms with Gasteiger partial charge < -0.3 is 14.5 Å². The Kier molecular flexibility index (Phi) is 6.24. The maximum atomic E-state index is 13.3. The quantitative estimate of drug-likeness (QED) is 0.601. The van der Waals surface area contributed by atoms with Crippen molar-refractivity contribution in [2.24, 2.45) is 5.92 Å². The third-order valence-corrected chi connectivity index (χ3v) is 6.74. The number of carbonyl (C=O) groups is 2. The van der Waals surface area contributed by atoms with Crippen LogP contribution in [0.4, 0.5) is 0 Å². The minimum atomic E-state index is -0.0296. The summed E-state index contributed by atoms with van der Waals surface area (Å²) in [6.45, 7) is 2.69. The largest absolute Gasteiger partial charge is 0.484 e. The van der Waals surface area contributed by atoms with E-state index in [-0.39, 0.29) is 30.3 Å². The molecule has 4 heterocycles. The van der Waals surface area contributed by atoms with E-state index < -0.39 is 0 Å². The normalized spacial score (nSPS) is 19.6. The first-order chi connectivity index (χ1) is 16.2. The van der Waals surface area contributed by atoms with Crippen LogP contribution in [0.25, 0.3) is 5.65 Å². The van der Waals surface area contributed by atoms with E-state index in [4.69, 9.17) is 4.74 Å². The highest BCUT2D eigenvalue weighted by Crippen LogP contribution is 2.29. The van der Waals surface area contributed by atoms with E-state index in [0.717, 1.165) is 30.9 Å². The summed E-state index contributed by atoms with van der Waals surface area (Å²) in [5.41, 5.74) is 0.837. The fraction of sp³-hybridized carbons (Fsp3) is 0.440. The maximum absolute atomic E-state index is 13.3. The third kappa shape index (κ3) is 4.69. The fourth-order valence-electron chi connectivity index (χ4n) is 4.91. The molecule has 0 N–H and O–H groups in total. The number of benzene rings is 1. The molecule has 0 bridgehead atoms. The Bertz CT molecular complexity index is 1110. The molecule has 172 valence electrons. The van der Waals surface area contributed by atoms with Gasteiger partial charge >= 0.3 is 0 Å². The summed E-state index contributed by atoms with van der Waals surface area (Å²) < 4.78 is 7.62. The van der Waals surface area contributed by atoms with Crippen LogP contribution >= 0.6 is 0 Å². The standard InChI is InChI=1S/C25H29N5O3/c31-23(18-33-21-8-2-1-3-9-21)28-15-11-19(12-16-28)25(32)29-13-6-7-20(17-29)24-27-26-22-10-4-5-14-30(22)24/h1-5,8-10,14,19-20H,6-7,11-13,15-18H2. The van der Waals surface area contributed by atoms with E-state index in [1.165, 1.54) is 0 Å². The smallest absolute Gasteiger partial charge is 0.260 e. The first-order valence-corrected chi connectivity index (χ1v) is 11.7. The highest BCUT2D eigenvalue weighted by Gasteiger charge is 2.34. The maximum Gasteiger partial charge on any atom is 0.260 e. The molecule has 0 spiro atoms. The molecule has 0 radical (unpaired) electrons. The molecule has 2 aliphatic rings. The van der Waals surface area contributed by atoms with Crippen LogP contribution in [0.5, 0.6) is 5.75 Å². The van der Waals surface area contributed by atoms with Crippen LogP contribution in [0, 0.1) is 5.92 Å². The molecule has 2 fully saturated rings. The van der Waals surface area contributed by atoms with Crippen LogP contribution < -0.4 is 4.74 Å². The van der Waals surface area contributed by atoms with Crippen molar-refractivity contribution in [1.29, 1.82) is 0 Å². The molecule has 1 atom stereocenters. The molecule has 8 heteroatoms. The van der Waals surface area contributed by atoms with Crippen molar-refractivity contribution in [3.8, 4) is 5.75 Å². The summed E-state index contributed by atoms with van der Waals surface area (Å²) in [4.78, 5) is 29.6. The van der Waals surface area contributed by atoms with Gasteiger partial charge in [0, 0.05) is 44.2 Å². The molecule has 0 aliphatic carbocycles. The molecule has 8 nitrogen and oxygen atoms in total. The predicted octanol–water partition coefficient (Wildman–Crippen LogP) is 2.75. The fourth-order valence-corrected chi connectivity index (χ4v) is 4.91. The second kappa shape index (κ2) is 9.60. The summed E-state index contributed by atoms with van der Waals surface area (Å²) in [6, 6.07) is 15.2. The van der Waals surface area contributed by atoms with Gasteiger partial charge in [0.15, 0.2) is 12.3 Å². The zero-order valence-corrected chi connectivity index (χ0v) is 18.7. The van der Waals surface area contributed by atoms with Gasteiger partial charge in [-0.15, -0.1) is 10.2 Å². The summed E-state index contributed by atoms with van der Waals surface area (Å²) >= 11 is 0. The second-order valence-corrected chi connectivity index (χ2v) is 8.87. The molecular weight excluding hydrogens is 418 g/mol. The Balaban J connectivity index is 1.14. The zero-order valence-electron chi connectivity index (χ0n) is 18.7. The van der Waals surface area contributed by atoms with Crippen molar-refractivity contribution in [3.05, 3.63) is 60.6 Å². The second-order valence-electron chi connectivity index (χ2n) is 8.87. The van der Waals surface area contributed by atoms with Crippen molar-refractivity contribution in [2.75, 3.05) is 32.8 Å². The number of carbonyl (C=O) groups excluding carboxylic acids is 2. The molecule has 33 heavy (non-hydrogen) atoms. The number of hydrogen-bond acceptors (Lipinski definition) is 5. The van der Waals surface area contributed by atoms with Gasteiger partial charge in [-0.05, 0) is 49.9 Å². The number of nitrogens with zero attached hydrogens (tertiary/aromatic N) is 5. The molecule has 5 rings (SSSR count). The number of piperidine rings is 2. The Morgan fingerprint density at radius 1 is 0.909 bits per heavy atom. The van der Waals surface area contributed by atoms with Crippen LogP contribution in [0.2, 0.25) is 0 Å². The van der Waals surface area contributed by atoms with Gasteiger partial charge in [0.1, 0.15) is 11.6 Å². The lowest BCUT2D eigenvalue weighted by atomic mass is 9.92. The number of hydrogen-bond donors (Lipinski definition) is 0. The molecule has 2 aliphatic heterocycles. The molecule has 3 aromatic rings. The lowest BCUT2D eigenvalue weighted by Gasteiger charge is -2.37. The molecular formula is C25H29N5O3. The SMILES string of the molecule is O=C(COc1ccccc1)N1CCC(C(=O)N2CCCC(c3nnc4ccccn34)C2)CC1. The monoisotopic (exact) mass is 447 g/mol. The average Bonchev–Trinajstić information content (AvgIpc) is 3.32. The van der Waals surface area contributed by atoms with Crippen LogP contribution in [0.1, 0.15) is 37.4 Å². The van der Waals surface area contributed by atoms with Crippen molar-refractivity contribution in [1.82, 2.24) is 24.4 Å². The topological polar surface area (TPSA) is 80.0 Å². The first-order valence-electron chi connectivity index (χ1n) is 11.7. The summed E-state index contributed by atoms with van der Waals surface area (Å²) in [6.07, 6.45) is 5.36. The van der Waals surface area contributed by atoms with Gasteiger partial charge in [0.25, 0.3) is 5.91 Å². The summed E-state index contributed by atoms with van der Waals surface area (Å²) in [7, 11) is 0. The molecule has 2 aromatic heterocycles. The van der Waals surface area contributed by atoms with Crippen molar-refractivity contribution < 1.29 is 14.3 Å². The third-order valence-electron chi connectivity index (χ3n) is 6.74. The van der Waals surface area contributed by atoms with E-state index in [1.807, 2.05) is 68.9 Å². The van der Waals surface area contributed by atoms with Gasteiger partial charge in [-0.3, -0.25) is 14.0 Å². The number of aromatic nitrogens is 3. The van der Waals surface area contributed by atoms with Crippen molar-refractivity contribution >= 4 is 17.5 Å². The summed E-state index contributed by atoms with van der Waals surface area (Å²) in [5.74, 6) is 1.97. The number of pyridine rings is 1. The highest BCUT2D eigenvalue weighted by atomic mass is 16.5. The number of para-hydroxylation sites is 1. The van der Waals surface area contributed by atoms with Gasteiger partial charge in [-0.1, -0.05) is 24.3 Å². The van der Waals surface area contributed by atoms with E-state index in [1.54, 1.807) is 0 Å². The molecule has 1 unspecified atom stereocenters.